The van der Waals surface area contributed by atoms with Crippen molar-refractivity contribution in [2.24, 2.45) is 0 Å². The van der Waals surface area contributed by atoms with E-state index in [1.807, 2.05) is 37.3 Å². The SMILES string of the molecule is CCN(CC(=O)OC(C)(C)C)C(=O)[C@H]1CCCCN1C(=O)OCc1ccccc1. The monoisotopic (exact) mass is 404 g/mol. The van der Waals surface area contributed by atoms with E-state index in [1.54, 1.807) is 20.8 Å². The van der Waals surface area contributed by atoms with E-state index in [0.717, 1.165) is 18.4 Å². The molecule has 2 rings (SSSR count). The fourth-order valence-electron chi connectivity index (χ4n) is 3.29. The van der Waals surface area contributed by atoms with Crippen molar-refractivity contribution in [3.8, 4) is 0 Å². The number of carbonyl (C=O) groups excluding carboxylic acids is 3. The van der Waals surface area contributed by atoms with Crippen molar-refractivity contribution >= 4 is 18.0 Å². The molecule has 1 aliphatic heterocycles. The second-order valence-electron chi connectivity index (χ2n) is 8.18. The van der Waals surface area contributed by atoms with E-state index in [9.17, 15) is 14.4 Å². The summed E-state index contributed by atoms with van der Waals surface area (Å²) in [5.41, 5.74) is 0.276. The zero-order chi connectivity index (χ0) is 21.4. The van der Waals surface area contributed by atoms with Crippen LogP contribution >= 0.6 is 0 Å². The molecule has 1 saturated heterocycles. The van der Waals surface area contributed by atoms with E-state index in [0.29, 0.717) is 19.5 Å². The summed E-state index contributed by atoms with van der Waals surface area (Å²) in [6, 6.07) is 8.80. The molecule has 2 amide bonds. The fourth-order valence-corrected chi connectivity index (χ4v) is 3.29. The molecule has 0 unspecified atom stereocenters. The number of likely N-dealkylation sites (N-methyl/N-ethyl adjacent to an activating group) is 1. The van der Waals surface area contributed by atoms with E-state index in [4.69, 9.17) is 9.47 Å². The Morgan fingerprint density at radius 1 is 1.14 bits per heavy atom. The molecule has 1 aliphatic rings. The van der Waals surface area contributed by atoms with Crippen LogP contribution in [0.2, 0.25) is 0 Å². The van der Waals surface area contributed by atoms with Crippen molar-refractivity contribution in [3.63, 3.8) is 0 Å². The van der Waals surface area contributed by atoms with E-state index in [1.165, 1.54) is 9.80 Å². The first kappa shape index (κ1) is 22.7. The van der Waals surface area contributed by atoms with Crippen LogP contribution in [0.5, 0.6) is 0 Å². The van der Waals surface area contributed by atoms with Gasteiger partial charge in [0.1, 0.15) is 24.8 Å². The van der Waals surface area contributed by atoms with Gasteiger partial charge in [0.05, 0.1) is 0 Å². The van der Waals surface area contributed by atoms with Crippen LogP contribution in [-0.2, 0) is 25.7 Å². The lowest BCUT2D eigenvalue weighted by Gasteiger charge is -2.36. The number of hydrogen-bond acceptors (Lipinski definition) is 5. The van der Waals surface area contributed by atoms with Crippen LogP contribution in [0.3, 0.4) is 0 Å². The molecule has 1 atom stereocenters. The second-order valence-corrected chi connectivity index (χ2v) is 8.18. The van der Waals surface area contributed by atoms with Gasteiger partial charge >= 0.3 is 12.1 Å². The third-order valence-electron chi connectivity index (χ3n) is 4.66. The molecular formula is C22H32N2O5. The van der Waals surface area contributed by atoms with Crippen LogP contribution in [0, 0.1) is 0 Å². The van der Waals surface area contributed by atoms with Crippen LogP contribution in [0.1, 0.15) is 52.5 Å². The molecule has 1 fully saturated rings. The average molecular weight is 405 g/mol. The highest BCUT2D eigenvalue weighted by Gasteiger charge is 2.36. The lowest BCUT2D eigenvalue weighted by Crippen LogP contribution is -2.54. The minimum Gasteiger partial charge on any atom is -0.459 e. The largest absolute Gasteiger partial charge is 0.459 e. The lowest BCUT2D eigenvalue weighted by atomic mass is 10.0. The van der Waals surface area contributed by atoms with Crippen LogP contribution in [0.15, 0.2) is 30.3 Å². The molecule has 160 valence electrons. The highest BCUT2D eigenvalue weighted by molar-refractivity contribution is 5.88. The Morgan fingerprint density at radius 3 is 2.45 bits per heavy atom. The molecule has 0 spiro atoms. The maximum atomic E-state index is 13.1. The summed E-state index contributed by atoms with van der Waals surface area (Å²) in [5, 5.41) is 0. The normalized spacial score (nSPS) is 16.8. The number of esters is 1. The number of nitrogens with zero attached hydrogens (tertiary/aromatic N) is 2. The van der Waals surface area contributed by atoms with Gasteiger partial charge < -0.3 is 14.4 Å². The Kier molecular flexibility index (Phi) is 8.05. The Balaban J connectivity index is 2.01. The van der Waals surface area contributed by atoms with E-state index in [-0.39, 0.29) is 19.1 Å². The van der Waals surface area contributed by atoms with Crippen molar-refractivity contribution in [1.82, 2.24) is 9.80 Å². The smallest absolute Gasteiger partial charge is 0.410 e. The van der Waals surface area contributed by atoms with Gasteiger partial charge in [0.25, 0.3) is 0 Å². The number of carbonyl (C=O) groups is 3. The quantitative estimate of drug-likeness (QED) is 0.680. The van der Waals surface area contributed by atoms with Crippen molar-refractivity contribution in [3.05, 3.63) is 35.9 Å². The third kappa shape index (κ3) is 7.07. The molecule has 0 aromatic heterocycles. The molecule has 0 radical (unpaired) electrons. The van der Waals surface area contributed by atoms with Gasteiger partial charge in [-0.15, -0.1) is 0 Å². The number of piperidine rings is 1. The summed E-state index contributed by atoms with van der Waals surface area (Å²) in [7, 11) is 0. The molecule has 1 heterocycles. The van der Waals surface area contributed by atoms with Gasteiger partial charge in [-0.3, -0.25) is 14.5 Å². The summed E-state index contributed by atoms with van der Waals surface area (Å²) >= 11 is 0. The molecule has 0 bridgehead atoms. The molecular weight excluding hydrogens is 372 g/mol. The van der Waals surface area contributed by atoms with Gasteiger partial charge in [-0.05, 0) is 52.5 Å². The maximum absolute atomic E-state index is 13.1. The standard InChI is InChI=1S/C22H32N2O5/c1-5-23(15-19(25)29-22(2,3)4)20(26)18-13-9-10-14-24(18)21(27)28-16-17-11-7-6-8-12-17/h6-8,11-12,18H,5,9-10,13-16H2,1-4H3/t18-/m1/s1. The Hall–Kier alpha value is -2.57. The molecule has 1 aromatic rings. The van der Waals surface area contributed by atoms with Crippen molar-refractivity contribution in [2.75, 3.05) is 19.6 Å². The lowest BCUT2D eigenvalue weighted by molar-refractivity contribution is -0.159. The predicted molar refractivity (Wildman–Crippen MR) is 109 cm³/mol. The fraction of sp³-hybridized carbons (Fsp3) is 0.591. The molecule has 7 heteroatoms. The first-order valence-corrected chi connectivity index (χ1v) is 10.2. The second kappa shape index (κ2) is 10.3. The van der Waals surface area contributed by atoms with Crippen LogP contribution in [0.4, 0.5) is 4.79 Å². The van der Waals surface area contributed by atoms with Gasteiger partial charge in [-0.2, -0.15) is 0 Å². The first-order valence-electron chi connectivity index (χ1n) is 10.2. The highest BCUT2D eigenvalue weighted by atomic mass is 16.6. The van der Waals surface area contributed by atoms with Gasteiger partial charge in [-0.25, -0.2) is 4.79 Å². The summed E-state index contributed by atoms with van der Waals surface area (Å²) in [6.07, 6.45) is 1.73. The van der Waals surface area contributed by atoms with Crippen molar-refractivity contribution in [1.29, 1.82) is 0 Å². The number of likely N-dealkylation sites (tertiary alicyclic amines) is 1. The average Bonchev–Trinajstić information content (AvgIpc) is 2.69. The van der Waals surface area contributed by atoms with Gasteiger partial charge in [0, 0.05) is 13.1 Å². The molecule has 0 aliphatic carbocycles. The summed E-state index contributed by atoms with van der Waals surface area (Å²) in [4.78, 5) is 40.8. The molecule has 7 nitrogen and oxygen atoms in total. The minimum absolute atomic E-state index is 0.129. The summed E-state index contributed by atoms with van der Waals surface area (Å²) in [5.74, 6) is -0.698. The van der Waals surface area contributed by atoms with Gasteiger partial charge in [0.2, 0.25) is 5.91 Å². The topological polar surface area (TPSA) is 76.2 Å². The van der Waals surface area contributed by atoms with Crippen molar-refractivity contribution in [2.45, 2.75) is 65.2 Å². The number of benzene rings is 1. The Bertz CT molecular complexity index is 699. The minimum atomic E-state index is -0.616. The summed E-state index contributed by atoms with van der Waals surface area (Å²) < 4.78 is 10.8. The van der Waals surface area contributed by atoms with E-state index in [2.05, 4.69) is 0 Å². The molecule has 0 saturated carbocycles. The van der Waals surface area contributed by atoms with Crippen LogP contribution < -0.4 is 0 Å². The van der Waals surface area contributed by atoms with Gasteiger partial charge in [-0.1, -0.05) is 30.3 Å². The zero-order valence-electron chi connectivity index (χ0n) is 17.8. The molecule has 1 aromatic carbocycles. The Morgan fingerprint density at radius 2 is 1.83 bits per heavy atom. The number of hydrogen-bond donors (Lipinski definition) is 0. The Labute approximate surface area is 172 Å². The number of ether oxygens (including phenoxy) is 2. The molecule has 0 N–H and O–H groups in total. The van der Waals surface area contributed by atoms with E-state index >= 15 is 0 Å². The van der Waals surface area contributed by atoms with E-state index < -0.39 is 23.7 Å². The maximum Gasteiger partial charge on any atom is 0.410 e. The third-order valence-corrected chi connectivity index (χ3v) is 4.66. The van der Waals surface area contributed by atoms with Crippen molar-refractivity contribution < 1.29 is 23.9 Å². The van der Waals surface area contributed by atoms with Crippen LogP contribution in [-0.4, -0.2) is 59.0 Å². The summed E-state index contributed by atoms with van der Waals surface area (Å²) in [6.45, 7) is 8.03. The first-order chi connectivity index (χ1) is 13.7. The predicted octanol–water partition coefficient (Wildman–Crippen LogP) is 3.37. The number of amides is 2. The zero-order valence-corrected chi connectivity index (χ0v) is 17.8. The molecule has 29 heavy (non-hydrogen) atoms. The highest BCUT2D eigenvalue weighted by Crippen LogP contribution is 2.21. The van der Waals surface area contributed by atoms with Crippen LogP contribution in [0.25, 0.3) is 0 Å². The van der Waals surface area contributed by atoms with Gasteiger partial charge in [0.15, 0.2) is 0 Å². The number of rotatable bonds is 6.